The molecule has 1 atom stereocenters. The van der Waals surface area contributed by atoms with Gasteiger partial charge in [-0.25, -0.2) is 13.2 Å². The van der Waals surface area contributed by atoms with E-state index < -0.39 is 15.1 Å². The van der Waals surface area contributed by atoms with Crippen molar-refractivity contribution in [2.24, 2.45) is 0 Å². The van der Waals surface area contributed by atoms with Crippen molar-refractivity contribution in [3.63, 3.8) is 0 Å². The highest BCUT2D eigenvalue weighted by Gasteiger charge is 2.36. The lowest BCUT2D eigenvalue weighted by molar-refractivity contribution is 0.222. The minimum Gasteiger partial charge on any atom is -0.323 e. The first-order valence-corrected chi connectivity index (χ1v) is 9.98. The second-order valence-electron chi connectivity index (χ2n) is 5.77. The van der Waals surface area contributed by atoms with Crippen LogP contribution in [0.25, 0.3) is 0 Å². The number of anilines is 1. The predicted octanol–water partition coefficient (Wildman–Crippen LogP) is 4.07. The van der Waals surface area contributed by atoms with Gasteiger partial charge in [0.2, 0.25) is 0 Å². The third-order valence-corrected chi connectivity index (χ3v) is 7.04. The summed E-state index contributed by atoms with van der Waals surface area (Å²) in [4.78, 5) is 14.1. The molecule has 2 aromatic carbocycles. The summed E-state index contributed by atoms with van der Waals surface area (Å²) < 4.78 is 25.3. The van der Waals surface area contributed by atoms with Crippen LogP contribution in [0.15, 0.2) is 53.4 Å². The van der Waals surface area contributed by atoms with Gasteiger partial charge < -0.3 is 10.2 Å². The molecule has 0 aromatic heterocycles. The SMILES string of the molecule is O=C(Nc1ccc(Cl)c(Cl)c1)N1CCC(S(=O)(=O)c2ccccc2)C1. The van der Waals surface area contributed by atoms with Crippen LogP contribution in [0.4, 0.5) is 10.5 Å². The molecule has 25 heavy (non-hydrogen) atoms. The molecule has 1 aliphatic rings. The molecule has 0 saturated carbocycles. The number of benzene rings is 2. The fourth-order valence-corrected chi connectivity index (χ4v) is 4.76. The predicted molar refractivity (Wildman–Crippen MR) is 99.1 cm³/mol. The zero-order chi connectivity index (χ0) is 18.0. The highest BCUT2D eigenvalue weighted by atomic mass is 35.5. The van der Waals surface area contributed by atoms with Crippen LogP contribution in [0.5, 0.6) is 0 Å². The Morgan fingerprint density at radius 2 is 1.80 bits per heavy atom. The maximum absolute atomic E-state index is 12.7. The van der Waals surface area contributed by atoms with E-state index in [1.54, 1.807) is 48.5 Å². The standard InChI is InChI=1S/C17H16Cl2N2O3S/c18-15-7-6-12(10-16(15)19)20-17(22)21-9-8-14(11-21)25(23,24)13-4-2-1-3-5-13/h1-7,10,14H,8-9,11H2,(H,20,22). The summed E-state index contributed by atoms with van der Waals surface area (Å²) >= 11 is 11.8. The second kappa shape index (κ2) is 7.23. The number of carbonyl (C=O) groups excluding carboxylic acids is 1. The summed E-state index contributed by atoms with van der Waals surface area (Å²) in [6, 6.07) is 12.7. The molecule has 0 radical (unpaired) electrons. The van der Waals surface area contributed by atoms with Crippen molar-refractivity contribution in [3.8, 4) is 0 Å². The molecule has 1 unspecified atom stereocenters. The smallest absolute Gasteiger partial charge is 0.321 e. The van der Waals surface area contributed by atoms with E-state index in [-0.39, 0.29) is 17.5 Å². The molecule has 2 aromatic rings. The maximum atomic E-state index is 12.7. The molecule has 1 fully saturated rings. The molecule has 1 saturated heterocycles. The Balaban J connectivity index is 1.68. The largest absolute Gasteiger partial charge is 0.323 e. The number of nitrogens with one attached hydrogen (secondary N) is 1. The summed E-state index contributed by atoms with van der Waals surface area (Å²) in [6.45, 7) is 0.536. The van der Waals surface area contributed by atoms with Crippen LogP contribution in [-0.2, 0) is 9.84 Å². The summed E-state index contributed by atoms with van der Waals surface area (Å²) in [5.74, 6) is 0. The molecule has 132 valence electrons. The van der Waals surface area contributed by atoms with Crippen molar-refractivity contribution in [3.05, 3.63) is 58.6 Å². The van der Waals surface area contributed by atoms with E-state index in [0.29, 0.717) is 28.7 Å². The van der Waals surface area contributed by atoms with E-state index in [9.17, 15) is 13.2 Å². The van der Waals surface area contributed by atoms with Gasteiger partial charge >= 0.3 is 6.03 Å². The van der Waals surface area contributed by atoms with Gasteiger partial charge in [0.15, 0.2) is 9.84 Å². The average molecular weight is 399 g/mol. The summed E-state index contributed by atoms with van der Waals surface area (Å²) in [7, 11) is -3.45. The van der Waals surface area contributed by atoms with Gasteiger partial charge in [-0.2, -0.15) is 0 Å². The molecule has 5 nitrogen and oxygen atoms in total. The quantitative estimate of drug-likeness (QED) is 0.846. The number of hydrogen-bond donors (Lipinski definition) is 1. The van der Waals surface area contributed by atoms with Crippen LogP contribution in [0.2, 0.25) is 10.0 Å². The fraction of sp³-hybridized carbons (Fsp3) is 0.235. The third kappa shape index (κ3) is 3.92. The number of urea groups is 1. The van der Waals surface area contributed by atoms with Gasteiger partial charge in [-0.3, -0.25) is 0 Å². The van der Waals surface area contributed by atoms with Gasteiger partial charge in [0, 0.05) is 18.8 Å². The van der Waals surface area contributed by atoms with Crippen LogP contribution < -0.4 is 5.32 Å². The number of sulfone groups is 1. The van der Waals surface area contributed by atoms with Gasteiger partial charge in [-0.1, -0.05) is 41.4 Å². The normalized spacial score (nSPS) is 17.5. The number of carbonyl (C=O) groups is 1. The zero-order valence-electron chi connectivity index (χ0n) is 13.2. The Labute approximate surface area is 156 Å². The van der Waals surface area contributed by atoms with E-state index in [1.165, 1.54) is 4.90 Å². The number of halogens is 2. The maximum Gasteiger partial charge on any atom is 0.321 e. The van der Waals surface area contributed by atoms with Gasteiger partial charge in [-0.15, -0.1) is 0 Å². The molecule has 1 aliphatic heterocycles. The Kier molecular flexibility index (Phi) is 5.22. The van der Waals surface area contributed by atoms with Gasteiger partial charge in [0.05, 0.1) is 20.2 Å². The van der Waals surface area contributed by atoms with Crippen molar-refractivity contribution < 1.29 is 13.2 Å². The first-order valence-electron chi connectivity index (χ1n) is 7.68. The molecule has 1 N–H and O–H groups in total. The number of likely N-dealkylation sites (tertiary alicyclic amines) is 1. The number of rotatable bonds is 3. The summed E-state index contributed by atoms with van der Waals surface area (Å²) in [6.07, 6.45) is 0.409. The molecular weight excluding hydrogens is 383 g/mol. The average Bonchev–Trinajstić information content (AvgIpc) is 3.10. The molecule has 0 aliphatic carbocycles. The zero-order valence-corrected chi connectivity index (χ0v) is 15.5. The van der Waals surface area contributed by atoms with Crippen molar-refractivity contribution >= 4 is 44.8 Å². The number of amides is 2. The van der Waals surface area contributed by atoms with Gasteiger partial charge in [-0.05, 0) is 36.8 Å². The van der Waals surface area contributed by atoms with Crippen molar-refractivity contribution in [1.29, 1.82) is 0 Å². The van der Waals surface area contributed by atoms with Gasteiger partial charge in [0.25, 0.3) is 0 Å². The highest BCUT2D eigenvalue weighted by molar-refractivity contribution is 7.92. The molecule has 0 bridgehead atoms. The first kappa shape index (κ1) is 18.0. The molecular formula is C17H16Cl2N2O3S. The van der Waals surface area contributed by atoms with Crippen LogP contribution in [0, 0.1) is 0 Å². The number of nitrogens with zero attached hydrogens (tertiary/aromatic N) is 1. The van der Waals surface area contributed by atoms with E-state index >= 15 is 0 Å². The Bertz CT molecular complexity index is 888. The third-order valence-electron chi connectivity index (χ3n) is 4.11. The minimum atomic E-state index is -3.45. The Morgan fingerprint density at radius 1 is 1.08 bits per heavy atom. The summed E-state index contributed by atoms with van der Waals surface area (Å²) in [5.41, 5.74) is 0.508. The topological polar surface area (TPSA) is 66.5 Å². The van der Waals surface area contributed by atoms with Crippen LogP contribution >= 0.6 is 23.2 Å². The van der Waals surface area contributed by atoms with Crippen molar-refractivity contribution in [2.45, 2.75) is 16.6 Å². The monoisotopic (exact) mass is 398 g/mol. The molecule has 8 heteroatoms. The Hall–Kier alpha value is -1.76. The van der Waals surface area contributed by atoms with Crippen LogP contribution in [0.1, 0.15) is 6.42 Å². The Morgan fingerprint density at radius 3 is 2.48 bits per heavy atom. The molecule has 0 spiro atoms. The van der Waals surface area contributed by atoms with E-state index in [4.69, 9.17) is 23.2 Å². The number of hydrogen-bond acceptors (Lipinski definition) is 3. The first-order chi connectivity index (χ1) is 11.9. The van der Waals surface area contributed by atoms with Gasteiger partial charge in [0.1, 0.15) is 0 Å². The van der Waals surface area contributed by atoms with Crippen LogP contribution in [-0.4, -0.2) is 37.7 Å². The lowest BCUT2D eigenvalue weighted by Gasteiger charge is -2.18. The molecule has 3 rings (SSSR count). The fourth-order valence-electron chi connectivity index (χ4n) is 2.74. The molecule has 2 amide bonds. The van der Waals surface area contributed by atoms with E-state index in [1.807, 2.05) is 0 Å². The highest BCUT2D eigenvalue weighted by Crippen LogP contribution is 2.27. The minimum absolute atomic E-state index is 0.157. The van der Waals surface area contributed by atoms with Crippen molar-refractivity contribution in [2.75, 3.05) is 18.4 Å². The lowest BCUT2D eigenvalue weighted by Crippen LogP contribution is -2.35. The lowest BCUT2D eigenvalue weighted by atomic mass is 10.3. The van der Waals surface area contributed by atoms with Crippen molar-refractivity contribution in [1.82, 2.24) is 4.90 Å². The van der Waals surface area contributed by atoms with Crippen LogP contribution in [0.3, 0.4) is 0 Å². The summed E-state index contributed by atoms with van der Waals surface area (Å²) in [5, 5.41) is 2.85. The van der Waals surface area contributed by atoms with E-state index in [2.05, 4.69) is 5.32 Å². The molecule has 1 heterocycles. The van der Waals surface area contributed by atoms with E-state index in [0.717, 1.165) is 0 Å². The second-order valence-corrected chi connectivity index (χ2v) is 8.82.